The third kappa shape index (κ3) is 8.60. The van der Waals surface area contributed by atoms with Crippen LogP contribution >= 0.6 is 0 Å². The Balaban J connectivity index is 1.08. The van der Waals surface area contributed by atoms with Gasteiger partial charge in [0.05, 0.1) is 40.2 Å². The fraction of sp³-hybridized carbons (Fsp3) is 0.167. The first-order valence-corrected chi connectivity index (χ1v) is 19.5. The van der Waals surface area contributed by atoms with Gasteiger partial charge in [-0.3, -0.25) is 27.8 Å². The number of benzene rings is 4. The van der Waals surface area contributed by atoms with Gasteiger partial charge >= 0.3 is 20.8 Å². The summed E-state index contributed by atoms with van der Waals surface area (Å²) >= 11 is 0. The van der Waals surface area contributed by atoms with Crippen molar-refractivity contribution in [2.45, 2.75) is 38.9 Å². The summed E-state index contributed by atoms with van der Waals surface area (Å²) in [4.78, 5) is 36.9. The van der Waals surface area contributed by atoms with Crippen LogP contribution in [0.4, 0.5) is 0 Å². The first-order valence-electron chi connectivity index (χ1n) is 16.7. The summed E-state index contributed by atoms with van der Waals surface area (Å²) in [6, 6.07) is 25.4. The lowest BCUT2D eigenvalue weighted by atomic mass is 10.1. The monoisotopic (exact) mass is 785 g/mol. The van der Waals surface area contributed by atoms with Crippen LogP contribution in [0.1, 0.15) is 25.0 Å². The van der Waals surface area contributed by atoms with Crippen molar-refractivity contribution in [2.24, 2.45) is 0 Å². The standard InChI is InChI=1S/C36H31N7O10S2/c44-35-29-8-2-4-10-31(29)38-33(24-12-16-27(17-13-24)52-54(46,47)48)41(35)20-6-1-7-21-43-26(22-37-40-43)23-42-34(39-32-11-5-3-9-30(32)36(42)45)25-14-18-28(19-15-25)53-55(49,50)51/h2-5,8-19,22H,1,6-7,20-21,23H2,(H,46,47,48)(H,49,50,51). The first-order chi connectivity index (χ1) is 26.3. The molecule has 17 nitrogen and oxygen atoms in total. The smallest absolute Gasteiger partial charge is 0.362 e. The summed E-state index contributed by atoms with van der Waals surface area (Å²) in [6.07, 6.45) is 3.49. The summed E-state index contributed by atoms with van der Waals surface area (Å²) in [7, 11) is -9.43. The molecule has 19 heteroatoms. The van der Waals surface area contributed by atoms with Crippen LogP contribution in [-0.2, 0) is 40.4 Å². The lowest BCUT2D eigenvalue weighted by Crippen LogP contribution is -2.25. The largest absolute Gasteiger partial charge is 0.446 e. The molecule has 2 N–H and O–H groups in total. The summed E-state index contributed by atoms with van der Waals surface area (Å²) in [5.74, 6) is 0.463. The molecule has 55 heavy (non-hydrogen) atoms. The molecular weight excluding hydrogens is 755 g/mol. The molecule has 3 aromatic heterocycles. The van der Waals surface area contributed by atoms with E-state index >= 15 is 0 Å². The molecule has 7 rings (SSSR count). The maximum atomic E-state index is 13.8. The minimum Gasteiger partial charge on any atom is -0.362 e. The Morgan fingerprint density at radius 1 is 0.582 bits per heavy atom. The average Bonchev–Trinajstić information content (AvgIpc) is 3.59. The molecule has 0 aliphatic rings. The van der Waals surface area contributed by atoms with Gasteiger partial charge in [0.2, 0.25) is 0 Å². The number of aromatic nitrogens is 7. The van der Waals surface area contributed by atoms with E-state index in [0.29, 0.717) is 82.6 Å². The molecule has 0 aliphatic carbocycles. The van der Waals surface area contributed by atoms with Gasteiger partial charge in [-0.25, -0.2) is 14.6 Å². The first kappa shape index (κ1) is 37.1. The molecule has 0 radical (unpaired) electrons. The average molecular weight is 786 g/mol. The molecule has 0 saturated carbocycles. The van der Waals surface area contributed by atoms with E-state index in [1.807, 2.05) is 0 Å². The number of rotatable bonds is 14. The highest BCUT2D eigenvalue weighted by Gasteiger charge is 2.18. The van der Waals surface area contributed by atoms with Gasteiger partial charge in [-0.1, -0.05) is 29.5 Å². The SMILES string of the molecule is O=c1c2ccccc2nc(-c2ccc(OS(=O)(=O)O)cc2)n1CCCCCn1nncc1Cn1c(-c2ccc(OS(=O)(=O)O)cc2)nc2ccccc2c1=O. The van der Waals surface area contributed by atoms with Gasteiger partial charge in [-0.05, 0) is 92.1 Å². The molecule has 0 fully saturated rings. The Kier molecular flexibility index (Phi) is 10.3. The highest BCUT2D eigenvalue weighted by Crippen LogP contribution is 2.25. The predicted octanol–water partition coefficient (Wildman–Crippen LogP) is 4.31. The lowest BCUT2D eigenvalue weighted by molar-refractivity contribution is 0.384. The number of unbranched alkanes of at least 4 members (excludes halogenated alkanes) is 2. The maximum absolute atomic E-state index is 13.8. The second kappa shape index (κ2) is 15.2. The zero-order valence-corrected chi connectivity index (χ0v) is 30.3. The van der Waals surface area contributed by atoms with E-state index in [-0.39, 0.29) is 29.2 Å². The molecule has 0 amide bonds. The van der Waals surface area contributed by atoms with Gasteiger partial charge in [0.15, 0.2) is 0 Å². The van der Waals surface area contributed by atoms with Crippen LogP contribution in [0.2, 0.25) is 0 Å². The fourth-order valence-electron chi connectivity index (χ4n) is 6.15. The number of hydrogen-bond acceptors (Lipinski definition) is 12. The third-order valence-electron chi connectivity index (χ3n) is 8.62. The van der Waals surface area contributed by atoms with E-state index in [0.717, 1.165) is 0 Å². The van der Waals surface area contributed by atoms with Crippen LogP contribution in [0, 0.1) is 0 Å². The molecule has 282 valence electrons. The Morgan fingerprint density at radius 3 is 1.58 bits per heavy atom. The van der Waals surface area contributed by atoms with Crippen molar-refractivity contribution >= 4 is 42.6 Å². The van der Waals surface area contributed by atoms with Crippen LogP contribution in [-0.4, -0.2) is 60.0 Å². The highest BCUT2D eigenvalue weighted by atomic mass is 32.3. The van der Waals surface area contributed by atoms with Crippen molar-refractivity contribution < 1.29 is 34.3 Å². The topological polar surface area (TPSA) is 228 Å². The van der Waals surface area contributed by atoms with Crippen molar-refractivity contribution in [1.29, 1.82) is 0 Å². The van der Waals surface area contributed by atoms with E-state index in [9.17, 15) is 26.4 Å². The number of para-hydroxylation sites is 2. The minimum atomic E-state index is -4.72. The molecule has 3 heterocycles. The van der Waals surface area contributed by atoms with Gasteiger partial charge in [0.1, 0.15) is 23.1 Å². The molecule has 4 aromatic carbocycles. The van der Waals surface area contributed by atoms with Gasteiger partial charge in [-0.2, -0.15) is 16.8 Å². The lowest BCUT2D eigenvalue weighted by Gasteiger charge is -2.15. The maximum Gasteiger partial charge on any atom is 0.446 e. The molecular formula is C36H31N7O10S2. The number of fused-ring (bicyclic) bond motifs is 2. The van der Waals surface area contributed by atoms with Gasteiger partial charge in [0, 0.05) is 24.2 Å². The van der Waals surface area contributed by atoms with E-state index in [4.69, 9.17) is 19.1 Å². The van der Waals surface area contributed by atoms with Crippen LogP contribution in [0.25, 0.3) is 44.6 Å². The van der Waals surface area contributed by atoms with Crippen molar-refractivity contribution in [3.63, 3.8) is 0 Å². The van der Waals surface area contributed by atoms with Crippen LogP contribution in [0.5, 0.6) is 11.5 Å². The highest BCUT2D eigenvalue weighted by molar-refractivity contribution is 7.81. The Morgan fingerprint density at radius 2 is 1.05 bits per heavy atom. The van der Waals surface area contributed by atoms with Crippen LogP contribution in [0.3, 0.4) is 0 Å². The Hall–Kier alpha value is -6.28. The summed E-state index contributed by atoms with van der Waals surface area (Å²) in [5, 5.41) is 9.18. The third-order valence-corrected chi connectivity index (χ3v) is 9.43. The zero-order chi connectivity index (χ0) is 38.7. The fourth-order valence-corrected chi connectivity index (χ4v) is 6.86. The van der Waals surface area contributed by atoms with E-state index in [1.54, 1.807) is 76.1 Å². The van der Waals surface area contributed by atoms with Gasteiger partial charge < -0.3 is 8.37 Å². The molecule has 0 spiro atoms. The normalized spacial score (nSPS) is 12.0. The number of aryl methyl sites for hydroxylation is 1. The van der Waals surface area contributed by atoms with Crippen molar-refractivity contribution in [3.05, 3.63) is 130 Å². The number of hydrogen-bond donors (Lipinski definition) is 2. The quantitative estimate of drug-likeness (QED) is 0.116. The van der Waals surface area contributed by atoms with Crippen molar-refractivity contribution in [2.75, 3.05) is 0 Å². The summed E-state index contributed by atoms with van der Waals surface area (Å²) < 4.78 is 76.5. The van der Waals surface area contributed by atoms with Crippen molar-refractivity contribution in [3.8, 4) is 34.3 Å². The van der Waals surface area contributed by atoms with E-state index in [1.165, 1.54) is 41.0 Å². The van der Waals surface area contributed by atoms with E-state index in [2.05, 4.69) is 18.7 Å². The van der Waals surface area contributed by atoms with Crippen molar-refractivity contribution in [1.82, 2.24) is 34.1 Å². The van der Waals surface area contributed by atoms with Gasteiger partial charge in [0.25, 0.3) is 11.1 Å². The molecule has 0 bridgehead atoms. The second-order valence-electron chi connectivity index (χ2n) is 12.3. The van der Waals surface area contributed by atoms with Crippen LogP contribution in [0.15, 0.2) is 113 Å². The van der Waals surface area contributed by atoms with Gasteiger partial charge in [-0.15, -0.1) is 5.10 Å². The molecule has 0 atom stereocenters. The Labute approximate surface area is 313 Å². The molecule has 0 saturated heterocycles. The molecule has 0 unspecified atom stereocenters. The second-order valence-corrected chi connectivity index (χ2v) is 14.4. The Bertz CT molecular complexity index is 2880. The van der Waals surface area contributed by atoms with Crippen LogP contribution < -0.4 is 19.5 Å². The minimum absolute atomic E-state index is 0.0673. The summed E-state index contributed by atoms with van der Waals surface area (Å²) in [5.41, 5.74) is 2.09. The van der Waals surface area contributed by atoms with E-state index < -0.39 is 20.8 Å². The molecule has 7 aromatic rings. The number of nitrogens with zero attached hydrogens (tertiary/aromatic N) is 7. The summed E-state index contributed by atoms with van der Waals surface area (Å²) in [6.45, 7) is 0.849. The predicted molar refractivity (Wildman–Crippen MR) is 200 cm³/mol. The molecule has 0 aliphatic heterocycles. The zero-order valence-electron chi connectivity index (χ0n) is 28.7.